The Hall–Kier alpha value is -1.05. The average Bonchev–Trinajstić information content (AvgIpc) is 1.97. The lowest BCUT2D eigenvalue weighted by atomic mass is 10.1. The maximum atomic E-state index is 10.5. The Morgan fingerprint density at radius 2 is 2.18 bits per heavy atom. The van der Waals surface area contributed by atoms with Crippen LogP contribution in [0.4, 0.5) is 0 Å². The highest BCUT2D eigenvalue weighted by Crippen LogP contribution is 2.16. The highest BCUT2D eigenvalue weighted by atomic mass is 16.1. The SMILES string of the molecule is CC1=CC(C)=C(C=O)CN1C. The van der Waals surface area contributed by atoms with Gasteiger partial charge in [-0.15, -0.1) is 0 Å². The van der Waals surface area contributed by atoms with Crippen molar-refractivity contribution in [2.75, 3.05) is 13.6 Å². The van der Waals surface area contributed by atoms with E-state index in [1.807, 2.05) is 27.0 Å². The molecule has 0 saturated carbocycles. The molecule has 1 aliphatic rings. The monoisotopic (exact) mass is 151 g/mol. The van der Waals surface area contributed by atoms with Crippen LogP contribution < -0.4 is 0 Å². The lowest BCUT2D eigenvalue weighted by Gasteiger charge is -2.24. The van der Waals surface area contributed by atoms with Gasteiger partial charge in [0.05, 0.1) is 0 Å². The fourth-order valence-corrected chi connectivity index (χ4v) is 1.15. The van der Waals surface area contributed by atoms with Crippen LogP contribution in [0.3, 0.4) is 0 Å². The molecule has 0 unspecified atom stereocenters. The predicted molar refractivity (Wildman–Crippen MR) is 45.2 cm³/mol. The van der Waals surface area contributed by atoms with Crippen LogP contribution in [0.15, 0.2) is 22.9 Å². The number of nitrogens with zero attached hydrogens (tertiary/aromatic N) is 1. The van der Waals surface area contributed by atoms with E-state index >= 15 is 0 Å². The second kappa shape index (κ2) is 2.91. The van der Waals surface area contributed by atoms with Gasteiger partial charge >= 0.3 is 0 Å². The lowest BCUT2D eigenvalue weighted by Crippen LogP contribution is -2.23. The quantitative estimate of drug-likeness (QED) is 0.527. The smallest absolute Gasteiger partial charge is 0.148 e. The van der Waals surface area contributed by atoms with Gasteiger partial charge in [0.1, 0.15) is 6.29 Å². The van der Waals surface area contributed by atoms with Crippen molar-refractivity contribution in [3.63, 3.8) is 0 Å². The van der Waals surface area contributed by atoms with E-state index in [0.717, 1.165) is 24.0 Å². The van der Waals surface area contributed by atoms with Gasteiger partial charge in [0, 0.05) is 24.9 Å². The number of allylic oxidation sites excluding steroid dienone is 3. The van der Waals surface area contributed by atoms with Crippen LogP contribution in [-0.2, 0) is 4.79 Å². The van der Waals surface area contributed by atoms with Gasteiger partial charge in [-0.3, -0.25) is 4.79 Å². The molecule has 0 amide bonds. The molecular formula is C9H13NO. The summed E-state index contributed by atoms with van der Waals surface area (Å²) >= 11 is 0. The molecule has 11 heavy (non-hydrogen) atoms. The molecule has 0 saturated heterocycles. The highest BCUT2D eigenvalue weighted by Gasteiger charge is 2.10. The first-order chi connectivity index (χ1) is 5.15. The van der Waals surface area contributed by atoms with Gasteiger partial charge in [-0.05, 0) is 25.5 Å². The summed E-state index contributed by atoms with van der Waals surface area (Å²) in [7, 11) is 1.99. The Kier molecular flexibility index (Phi) is 2.13. The third-order valence-corrected chi connectivity index (χ3v) is 2.08. The first-order valence-corrected chi connectivity index (χ1v) is 3.69. The fourth-order valence-electron chi connectivity index (χ4n) is 1.15. The maximum absolute atomic E-state index is 10.5. The van der Waals surface area contributed by atoms with Crippen LogP contribution >= 0.6 is 0 Å². The van der Waals surface area contributed by atoms with Crippen LogP contribution in [-0.4, -0.2) is 24.8 Å². The molecule has 0 aromatic rings. The molecule has 0 radical (unpaired) electrons. The number of carbonyl (C=O) groups excluding carboxylic acids is 1. The first kappa shape index (κ1) is 8.05. The molecule has 60 valence electrons. The molecule has 0 aromatic heterocycles. The van der Waals surface area contributed by atoms with E-state index in [1.54, 1.807) is 0 Å². The predicted octanol–water partition coefficient (Wildman–Crippen LogP) is 1.35. The highest BCUT2D eigenvalue weighted by molar-refractivity contribution is 5.76. The summed E-state index contributed by atoms with van der Waals surface area (Å²) < 4.78 is 0. The van der Waals surface area contributed by atoms with Gasteiger partial charge in [-0.25, -0.2) is 0 Å². The molecule has 2 nitrogen and oxygen atoms in total. The van der Waals surface area contributed by atoms with Gasteiger partial charge in [0.15, 0.2) is 0 Å². The second-order valence-electron chi connectivity index (χ2n) is 2.97. The zero-order valence-corrected chi connectivity index (χ0v) is 7.22. The molecule has 1 heterocycles. The summed E-state index contributed by atoms with van der Waals surface area (Å²) in [5.41, 5.74) is 3.20. The topological polar surface area (TPSA) is 20.3 Å². The number of aldehydes is 1. The Morgan fingerprint density at radius 3 is 2.73 bits per heavy atom. The number of hydrogen-bond acceptors (Lipinski definition) is 2. The minimum atomic E-state index is 0.748. The van der Waals surface area contributed by atoms with Crippen molar-refractivity contribution in [2.45, 2.75) is 13.8 Å². The van der Waals surface area contributed by atoms with E-state index in [4.69, 9.17) is 0 Å². The number of likely N-dealkylation sites (N-methyl/N-ethyl adjacent to an activating group) is 1. The Balaban J connectivity index is 2.96. The maximum Gasteiger partial charge on any atom is 0.148 e. The molecular weight excluding hydrogens is 138 g/mol. The average molecular weight is 151 g/mol. The molecule has 0 atom stereocenters. The summed E-state index contributed by atoms with van der Waals surface area (Å²) in [6.45, 7) is 4.77. The van der Waals surface area contributed by atoms with Crippen LogP contribution in [0.1, 0.15) is 13.8 Å². The Bertz CT molecular complexity index is 238. The molecule has 0 fully saturated rings. The van der Waals surface area contributed by atoms with Crippen LogP contribution in [0.5, 0.6) is 0 Å². The van der Waals surface area contributed by atoms with Crippen LogP contribution in [0, 0.1) is 0 Å². The molecule has 0 N–H and O–H groups in total. The number of hydrogen-bond donors (Lipinski definition) is 0. The van der Waals surface area contributed by atoms with Crippen molar-refractivity contribution in [2.24, 2.45) is 0 Å². The molecule has 0 spiro atoms. The second-order valence-corrected chi connectivity index (χ2v) is 2.97. The largest absolute Gasteiger partial charge is 0.374 e. The minimum Gasteiger partial charge on any atom is -0.374 e. The third-order valence-electron chi connectivity index (χ3n) is 2.08. The van der Waals surface area contributed by atoms with Gasteiger partial charge in [0.25, 0.3) is 0 Å². The summed E-state index contributed by atoms with van der Waals surface area (Å²) in [5.74, 6) is 0. The fraction of sp³-hybridized carbons (Fsp3) is 0.444. The van der Waals surface area contributed by atoms with Crippen LogP contribution in [0.25, 0.3) is 0 Å². The van der Waals surface area contributed by atoms with Gasteiger partial charge in [-0.2, -0.15) is 0 Å². The van der Waals surface area contributed by atoms with Crippen molar-refractivity contribution in [3.05, 3.63) is 22.9 Å². The summed E-state index contributed by atoms with van der Waals surface area (Å²) in [5, 5.41) is 0. The summed E-state index contributed by atoms with van der Waals surface area (Å²) in [6, 6.07) is 0. The molecule has 2 heteroatoms. The van der Waals surface area contributed by atoms with E-state index in [1.165, 1.54) is 5.70 Å². The normalized spacial score (nSPS) is 18.5. The summed E-state index contributed by atoms with van der Waals surface area (Å²) in [4.78, 5) is 12.6. The Morgan fingerprint density at radius 1 is 1.55 bits per heavy atom. The molecule has 1 aliphatic heterocycles. The first-order valence-electron chi connectivity index (χ1n) is 3.69. The number of carbonyl (C=O) groups is 1. The zero-order chi connectivity index (χ0) is 8.43. The third kappa shape index (κ3) is 1.50. The standard InChI is InChI=1S/C9H13NO/c1-7-4-8(2)10(3)5-9(7)6-11/h4,6H,5H2,1-3H3. The zero-order valence-electron chi connectivity index (χ0n) is 7.22. The van der Waals surface area contributed by atoms with Crippen molar-refractivity contribution in [1.29, 1.82) is 0 Å². The molecule has 0 aliphatic carbocycles. The van der Waals surface area contributed by atoms with Crippen LogP contribution in [0.2, 0.25) is 0 Å². The van der Waals surface area contributed by atoms with Gasteiger partial charge in [-0.1, -0.05) is 0 Å². The van der Waals surface area contributed by atoms with Gasteiger partial charge < -0.3 is 4.90 Å². The minimum absolute atomic E-state index is 0.748. The Labute approximate surface area is 67.2 Å². The lowest BCUT2D eigenvalue weighted by molar-refractivity contribution is -0.105. The molecule has 1 rings (SSSR count). The van der Waals surface area contributed by atoms with E-state index in [-0.39, 0.29) is 0 Å². The van der Waals surface area contributed by atoms with Crippen molar-refractivity contribution < 1.29 is 4.79 Å². The van der Waals surface area contributed by atoms with Crippen molar-refractivity contribution >= 4 is 6.29 Å². The van der Waals surface area contributed by atoms with E-state index in [9.17, 15) is 4.79 Å². The van der Waals surface area contributed by atoms with E-state index < -0.39 is 0 Å². The molecule has 0 bridgehead atoms. The molecule has 0 aromatic carbocycles. The summed E-state index contributed by atoms with van der Waals surface area (Å²) in [6.07, 6.45) is 2.97. The van der Waals surface area contributed by atoms with E-state index in [0.29, 0.717) is 0 Å². The number of rotatable bonds is 1. The van der Waals surface area contributed by atoms with Gasteiger partial charge in [0.2, 0.25) is 0 Å². The van der Waals surface area contributed by atoms with E-state index in [2.05, 4.69) is 4.90 Å². The van der Waals surface area contributed by atoms with Crippen molar-refractivity contribution in [3.8, 4) is 0 Å². The van der Waals surface area contributed by atoms with Crippen molar-refractivity contribution in [1.82, 2.24) is 4.90 Å².